The van der Waals surface area contributed by atoms with E-state index in [1.807, 2.05) is 0 Å². The van der Waals surface area contributed by atoms with Gasteiger partial charge in [-0.3, -0.25) is 0 Å². The van der Waals surface area contributed by atoms with Crippen LogP contribution >= 0.6 is 11.6 Å². The molecule has 0 amide bonds. The van der Waals surface area contributed by atoms with E-state index < -0.39 is 6.36 Å². The van der Waals surface area contributed by atoms with Crippen LogP contribution in [0.3, 0.4) is 0 Å². The first-order valence-electron chi connectivity index (χ1n) is 4.78. The predicted octanol–water partition coefficient (Wildman–Crippen LogP) is 3.70. The largest absolute Gasteiger partial charge is 0.573 e. The lowest BCUT2D eigenvalue weighted by Crippen LogP contribution is -2.17. The number of aromatic nitrogens is 2. The Morgan fingerprint density at radius 2 is 1.78 bits per heavy atom. The Morgan fingerprint density at radius 3 is 2.39 bits per heavy atom. The predicted molar refractivity (Wildman–Crippen MR) is 59.2 cm³/mol. The molecule has 0 radical (unpaired) electrons. The average molecular weight is 275 g/mol. The molecule has 0 spiro atoms. The van der Waals surface area contributed by atoms with Crippen molar-refractivity contribution in [1.29, 1.82) is 0 Å². The maximum Gasteiger partial charge on any atom is 0.573 e. The van der Waals surface area contributed by atoms with Gasteiger partial charge < -0.3 is 4.74 Å². The SMILES string of the molecule is FC(F)(F)Oc1cccc(-c2ncc(Cl)cn2)c1. The van der Waals surface area contributed by atoms with E-state index >= 15 is 0 Å². The second-order valence-corrected chi connectivity index (χ2v) is 3.74. The minimum Gasteiger partial charge on any atom is -0.406 e. The lowest BCUT2D eigenvalue weighted by molar-refractivity contribution is -0.274. The van der Waals surface area contributed by atoms with Crippen molar-refractivity contribution in [1.82, 2.24) is 9.97 Å². The van der Waals surface area contributed by atoms with Crippen LogP contribution in [-0.4, -0.2) is 16.3 Å². The van der Waals surface area contributed by atoms with Crippen molar-refractivity contribution >= 4 is 11.6 Å². The van der Waals surface area contributed by atoms with E-state index in [2.05, 4.69) is 14.7 Å². The van der Waals surface area contributed by atoms with Gasteiger partial charge in [-0.05, 0) is 12.1 Å². The van der Waals surface area contributed by atoms with Gasteiger partial charge in [0.05, 0.1) is 5.02 Å². The summed E-state index contributed by atoms with van der Waals surface area (Å²) < 4.78 is 40.0. The zero-order chi connectivity index (χ0) is 13.2. The summed E-state index contributed by atoms with van der Waals surface area (Å²) >= 11 is 5.62. The summed E-state index contributed by atoms with van der Waals surface area (Å²) in [5, 5.41) is 0.349. The molecule has 3 nitrogen and oxygen atoms in total. The third kappa shape index (κ3) is 3.33. The van der Waals surface area contributed by atoms with Crippen LogP contribution in [0.1, 0.15) is 0 Å². The lowest BCUT2D eigenvalue weighted by atomic mass is 10.2. The molecule has 18 heavy (non-hydrogen) atoms. The standard InChI is InChI=1S/C11H6ClF3N2O/c12-8-5-16-10(17-6-8)7-2-1-3-9(4-7)18-11(13,14)15/h1-6H. The molecule has 0 fully saturated rings. The highest BCUT2D eigenvalue weighted by atomic mass is 35.5. The van der Waals surface area contributed by atoms with E-state index in [9.17, 15) is 13.2 Å². The molecule has 1 heterocycles. The molecule has 0 aliphatic carbocycles. The first kappa shape index (κ1) is 12.6. The highest BCUT2D eigenvalue weighted by Gasteiger charge is 2.31. The Bertz CT molecular complexity index is 543. The summed E-state index contributed by atoms with van der Waals surface area (Å²) in [6, 6.07) is 5.41. The normalized spacial score (nSPS) is 11.3. The Hall–Kier alpha value is -1.82. The smallest absolute Gasteiger partial charge is 0.406 e. The highest BCUT2D eigenvalue weighted by molar-refractivity contribution is 6.30. The lowest BCUT2D eigenvalue weighted by Gasteiger charge is -2.09. The van der Waals surface area contributed by atoms with Gasteiger partial charge in [0.1, 0.15) is 5.75 Å². The molecular formula is C11H6ClF3N2O. The fraction of sp³-hybridized carbons (Fsp3) is 0.0909. The summed E-state index contributed by atoms with van der Waals surface area (Å²) in [5.74, 6) is -0.0504. The van der Waals surface area contributed by atoms with E-state index in [0.717, 1.165) is 0 Å². The molecule has 1 aromatic carbocycles. The van der Waals surface area contributed by atoms with Crippen LogP contribution in [0.15, 0.2) is 36.7 Å². The molecule has 2 rings (SSSR count). The second kappa shape index (κ2) is 4.81. The summed E-state index contributed by atoms with van der Waals surface area (Å²) in [7, 11) is 0. The van der Waals surface area contributed by atoms with Crippen LogP contribution in [0.4, 0.5) is 13.2 Å². The van der Waals surface area contributed by atoms with Crippen molar-refractivity contribution in [2.75, 3.05) is 0 Å². The van der Waals surface area contributed by atoms with Gasteiger partial charge in [0, 0.05) is 18.0 Å². The van der Waals surface area contributed by atoms with Gasteiger partial charge in [-0.2, -0.15) is 0 Å². The summed E-state index contributed by atoms with van der Waals surface area (Å²) in [6.45, 7) is 0. The zero-order valence-electron chi connectivity index (χ0n) is 8.78. The maximum atomic E-state index is 12.1. The van der Waals surface area contributed by atoms with Gasteiger partial charge in [0.15, 0.2) is 5.82 Å². The Morgan fingerprint density at radius 1 is 1.11 bits per heavy atom. The van der Waals surface area contributed by atoms with Crippen LogP contribution in [-0.2, 0) is 0 Å². The summed E-state index contributed by atoms with van der Waals surface area (Å²) in [4.78, 5) is 7.81. The van der Waals surface area contributed by atoms with Gasteiger partial charge in [-0.25, -0.2) is 9.97 Å². The molecule has 1 aromatic heterocycles. The van der Waals surface area contributed by atoms with Crippen LogP contribution in [0, 0.1) is 0 Å². The number of alkyl halides is 3. The van der Waals surface area contributed by atoms with Crippen LogP contribution < -0.4 is 4.74 Å². The van der Waals surface area contributed by atoms with Crippen LogP contribution in [0.25, 0.3) is 11.4 Å². The topological polar surface area (TPSA) is 35.0 Å². The molecule has 0 bridgehead atoms. The third-order valence-corrected chi connectivity index (χ3v) is 2.14. The summed E-state index contributed by atoms with van der Waals surface area (Å²) in [6.07, 6.45) is -2.00. The van der Waals surface area contributed by atoms with Crippen LogP contribution in [0.5, 0.6) is 5.75 Å². The Balaban J connectivity index is 2.29. The van der Waals surface area contributed by atoms with E-state index in [1.54, 1.807) is 6.07 Å². The number of ether oxygens (including phenoxy) is 1. The molecule has 0 aliphatic rings. The monoisotopic (exact) mass is 274 g/mol. The first-order chi connectivity index (χ1) is 8.44. The molecule has 0 atom stereocenters. The van der Waals surface area contributed by atoms with E-state index in [4.69, 9.17) is 11.6 Å². The van der Waals surface area contributed by atoms with Crippen molar-refractivity contribution < 1.29 is 17.9 Å². The van der Waals surface area contributed by atoms with Crippen molar-refractivity contribution in [2.24, 2.45) is 0 Å². The van der Waals surface area contributed by atoms with E-state index in [-0.39, 0.29) is 11.6 Å². The molecular weight excluding hydrogens is 269 g/mol. The molecule has 0 saturated heterocycles. The minimum atomic E-state index is -4.72. The van der Waals surface area contributed by atoms with E-state index in [1.165, 1.54) is 30.6 Å². The molecule has 94 valence electrons. The highest BCUT2D eigenvalue weighted by Crippen LogP contribution is 2.26. The number of halogens is 4. The maximum absolute atomic E-state index is 12.1. The summed E-state index contributed by atoms with van der Waals surface area (Å²) in [5.41, 5.74) is 0.411. The fourth-order valence-corrected chi connectivity index (χ4v) is 1.39. The zero-order valence-corrected chi connectivity index (χ0v) is 9.53. The Kier molecular flexibility index (Phi) is 3.38. The molecule has 0 saturated carbocycles. The molecule has 0 aliphatic heterocycles. The molecule has 2 aromatic rings. The molecule has 0 N–H and O–H groups in total. The average Bonchev–Trinajstić information content (AvgIpc) is 2.28. The van der Waals surface area contributed by atoms with Crippen LogP contribution in [0.2, 0.25) is 5.02 Å². The first-order valence-corrected chi connectivity index (χ1v) is 5.15. The third-order valence-electron chi connectivity index (χ3n) is 1.95. The number of hydrogen-bond acceptors (Lipinski definition) is 3. The van der Waals surface area contributed by atoms with Crippen molar-refractivity contribution in [2.45, 2.75) is 6.36 Å². The van der Waals surface area contributed by atoms with Gasteiger partial charge in [0.25, 0.3) is 0 Å². The fourth-order valence-electron chi connectivity index (χ4n) is 1.29. The van der Waals surface area contributed by atoms with Crippen molar-refractivity contribution in [3.8, 4) is 17.1 Å². The molecule has 7 heteroatoms. The van der Waals surface area contributed by atoms with Gasteiger partial charge in [-0.1, -0.05) is 23.7 Å². The van der Waals surface area contributed by atoms with Gasteiger partial charge in [0.2, 0.25) is 0 Å². The number of hydrogen-bond donors (Lipinski definition) is 0. The number of rotatable bonds is 2. The number of benzene rings is 1. The van der Waals surface area contributed by atoms with E-state index in [0.29, 0.717) is 10.6 Å². The van der Waals surface area contributed by atoms with Gasteiger partial charge >= 0.3 is 6.36 Å². The number of nitrogens with zero attached hydrogens (tertiary/aromatic N) is 2. The Labute approximate surface area is 105 Å². The van der Waals surface area contributed by atoms with Crippen molar-refractivity contribution in [3.63, 3.8) is 0 Å². The quantitative estimate of drug-likeness (QED) is 0.837. The van der Waals surface area contributed by atoms with Crippen molar-refractivity contribution in [3.05, 3.63) is 41.7 Å². The second-order valence-electron chi connectivity index (χ2n) is 3.30. The molecule has 0 unspecified atom stereocenters. The minimum absolute atomic E-state index is 0.270. The van der Waals surface area contributed by atoms with Gasteiger partial charge in [-0.15, -0.1) is 13.2 Å².